The maximum Gasteiger partial charge on any atom is 0.195 e. The zero-order chi connectivity index (χ0) is 12.6. The van der Waals surface area contributed by atoms with Crippen LogP contribution in [0.1, 0.15) is 29.6 Å². The van der Waals surface area contributed by atoms with Gasteiger partial charge in [-0.05, 0) is 30.7 Å². The minimum atomic E-state index is -0.593. The van der Waals surface area contributed by atoms with E-state index in [9.17, 15) is 4.79 Å². The molecule has 0 saturated heterocycles. The summed E-state index contributed by atoms with van der Waals surface area (Å²) in [6.07, 6.45) is 6.19. The standard InChI is InChI=1S/C15H15NO2/c1-18-15(7-3-8-15)14(17)12-5-2-4-11-6-9-16-10-13(11)12/h2,4-6,9-10H,3,7-8H2,1H3. The quantitative estimate of drug-likeness (QED) is 0.775. The number of ether oxygens (including phenoxy) is 1. The lowest BCUT2D eigenvalue weighted by atomic mass is 9.74. The van der Waals surface area contributed by atoms with Crippen molar-refractivity contribution in [2.75, 3.05) is 7.11 Å². The van der Waals surface area contributed by atoms with E-state index in [4.69, 9.17) is 4.74 Å². The molecule has 0 N–H and O–H groups in total. The first-order valence-corrected chi connectivity index (χ1v) is 6.19. The van der Waals surface area contributed by atoms with Gasteiger partial charge in [-0.1, -0.05) is 18.2 Å². The van der Waals surface area contributed by atoms with E-state index in [1.807, 2.05) is 24.3 Å². The Bertz CT molecular complexity index is 591. The van der Waals surface area contributed by atoms with Crippen molar-refractivity contribution in [1.29, 1.82) is 0 Å². The zero-order valence-corrected chi connectivity index (χ0v) is 10.3. The molecule has 0 atom stereocenters. The predicted molar refractivity (Wildman–Crippen MR) is 69.7 cm³/mol. The van der Waals surface area contributed by atoms with Crippen molar-refractivity contribution in [3.8, 4) is 0 Å². The number of hydrogen-bond acceptors (Lipinski definition) is 3. The first-order valence-electron chi connectivity index (χ1n) is 6.19. The molecule has 2 aromatic rings. The number of Topliss-reactive ketones (excluding diaryl/α,β-unsaturated/α-hetero) is 1. The van der Waals surface area contributed by atoms with E-state index < -0.39 is 5.60 Å². The monoisotopic (exact) mass is 241 g/mol. The van der Waals surface area contributed by atoms with E-state index in [2.05, 4.69) is 4.98 Å². The summed E-state index contributed by atoms with van der Waals surface area (Å²) in [6.45, 7) is 0. The van der Waals surface area contributed by atoms with E-state index in [1.165, 1.54) is 0 Å². The number of carbonyl (C=O) groups is 1. The SMILES string of the molecule is COC1(C(=O)c2cccc3ccncc23)CCC1. The van der Waals surface area contributed by atoms with E-state index in [0.717, 1.165) is 35.6 Å². The summed E-state index contributed by atoms with van der Waals surface area (Å²) in [5.74, 6) is 0.0925. The predicted octanol–water partition coefficient (Wildman–Crippen LogP) is 2.99. The average molecular weight is 241 g/mol. The molecule has 0 spiro atoms. The number of carbonyl (C=O) groups excluding carboxylic acids is 1. The normalized spacial score (nSPS) is 17.4. The van der Waals surface area contributed by atoms with E-state index in [1.54, 1.807) is 19.5 Å². The van der Waals surface area contributed by atoms with Gasteiger partial charge in [0.25, 0.3) is 0 Å². The fraction of sp³-hybridized carbons (Fsp3) is 0.333. The Kier molecular flexibility index (Phi) is 2.63. The highest BCUT2D eigenvalue weighted by Crippen LogP contribution is 2.39. The van der Waals surface area contributed by atoms with Gasteiger partial charge in [0.15, 0.2) is 5.78 Å². The molecule has 3 heteroatoms. The Labute approximate surface area is 106 Å². The molecule has 18 heavy (non-hydrogen) atoms. The summed E-state index contributed by atoms with van der Waals surface area (Å²) in [6, 6.07) is 7.70. The second-order valence-corrected chi connectivity index (χ2v) is 4.78. The van der Waals surface area contributed by atoms with Crippen molar-refractivity contribution in [3.63, 3.8) is 0 Å². The van der Waals surface area contributed by atoms with Crippen LogP contribution in [0.5, 0.6) is 0 Å². The summed E-state index contributed by atoms with van der Waals surface area (Å²) in [7, 11) is 1.63. The van der Waals surface area contributed by atoms with E-state index >= 15 is 0 Å². The van der Waals surface area contributed by atoms with Crippen LogP contribution in [-0.4, -0.2) is 23.5 Å². The topological polar surface area (TPSA) is 39.2 Å². The lowest BCUT2D eigenvalue weighted by Gasteiger charge is -2.39. The summed E-state index contributed by atoms with van der Waals surface area (Å²) >= 11 is 0. The maximum absolute atomic E-state index is 12.6. The average Bonchev–Trinajstić information content (AvgIpc) is 2.37. The molecular weight excluding hydrogens is 226 g/mol. The summed E-state index contributed by atoms with van der Waals surface area (Å²) in [5.41, 5.74) is 0.131. The fourth-order valence-corrected chi connectivity index (χ4v) is 2.58. The van der Waals surface area contributed by atoms with Gasteiger partial charge in [-0.15, -0.1) is 0 Å². The van der Waals surface area contributed by atoms with Gasteiger partial charge in [-0.25, -0.2) is 0 Å². The Morgan fingerprint density at radius 3 is 2.83 bits per heavy atom. The Morgan fingerprint density at radius 1 is 1.33 bits per heavy atom. The number of ketones is 1. The van der Waals surface area contributed by atoms with Gasteiger partial charge in [0.05, 0.1) is 0 Å². The Balaban J connectivity index is 2.12. The fourth-order valence-electron chi connectivity index (χ4n) is 2.58. The van der Waals surface area contributed by atoms with Gasteiger partial charge in [0, 0.05) is 30.5 Å². The molecule has 0 amide bonds. The molecule has 1 aliphatic carbocycles. The summed E-state index contributed by atoms with van der Waals surface area (Å²) in [4.78, 5) is 16.8. The first-order chi connectivity index (χ1) is 8.77. The van der Waals surface area contributed by atoms with Crippen LogP contribution < -0.4 is 0 Å². The molecule has 3 rings (SSSR count). The minimum Gasteiger partial charge on any atom is -0.370 e. The zero-order valence-electron chi connectivity index (χ0n) is 10.3. The smallest absolute Gasteiger partial charge is 0.195 e. The molecule has 1 aliphatic rings. The number of aromatic nitrogens is 1. The van der Waals surface area contributed by atoms with Gasteiger partial charge in [-0.3, -0.25) is 9.78 Å². The third-order valence-electron chi connectivity index (χ3n) is 3.89. The van der Waals surface area contributed by atoms with Crippen molar-refractivity contribution in [1.82, 2.24) is 4.98 Å². The van der Waals surface area contributed by atoms with Crippen molar-refractivity contribution >= 4 is 16.6 Å². The molecule has 1 aromatic carbocycles. The van der Waals surface area contributed by atoms with Crippen LogP contribution in [0.2, 0.25) is 0 Å². The Hall–Kier alpha value is -1.74. The highest BCUT2D eigenvalue weighted by atomic mass is 16.5. The number of benzene rings is 1. The molecule has 0 bridgehead atoms. The van der Waals surface area contributed by atoms with Crippen molar-refractivity contribution in [2.45, 2.75) is 24.9 Å². The van der Waals surface area contributed by atoms with Crippen molar-refractivity contribution in [3.05, 3.63) is 42.2 Å². The van der Waals surface area contributed by atoms with Crippen LogP contribution in [0.4, 0.5) is 0 Å². The molecule has 1 heterocycles. The molecule has 0 radical (unpaired) electrons. The lowest BCUT2D eigenvalue weighted by molar-refractivity contribution is -0.0447. The van der Waals surface area contributed by atoms with E-state index in [0.29, 0.717) is 0 Å². The molecule has 0 unspecified atom stereocenters. The van der Waals surface area contributed by atoms with Gasteiger partial charge in [-0.2, -0.15) is 0 Å². The van der Waals surface area contributed by atoms with Crippen LogP contribution in [0.25, 0.3) is 10.8 Å². The largest absolute Gasteiger partial charge is 0.370 e. The highest BCUT2D eigenvalue weighted by molar-refractivity contribution is 6.12. The van der Waals surface area contributed by atoms with Crippen LogP contribution in [-0.2, 0) is 4.74 Å². The molecule has 1 fully saturated rings. The molecule has 1 aromatic heterocycles. The molecule has 0 aliphatic heterocycles. The van der Waals surface area contributed by atoms with Crippen LogP contribution in [0, 0.1) is 0 Å². The second kappa shape index (κ2) is 4.18. The number of nitrogens with zero attached hydrogens (tertiary/aromatic N) is 1. The van der Waals surface area contributed by atoms with Crippen LogP contribution in [0.3, 0.4) is 0 Å². The van der Waals surface area contributed by atoms with Gasteiger partial charge >= 0.3 is 0 Å². The number of hydrogen-bond donors (Lipinski definition) is 0. The first kappa shape index (κ1) is 11.4. The summed E-state index contributed by atoms with van der Waals surface area (Å²) in [5, 5.41) is 1.95. The maximum atomic E-state index is 12.6. The van der Waals surface area contributed by atoms with Gasteiger partial charge < -0.3 is 4.74 Å². The minimum absolute atomic E-state index is 0.0925. The molecule has 1 saturated carbocycles. The lowest BCUT2D eigenvalue weighted by Crippen LogP contribution is -2.47. The highest BCUT2D eigenvalue weighted by Gasteiger charge is 2.44. The number of pyridine rings is 1. The Morgan fingerprint density at radius 2 is 2.17 bits per heavy atom. The number of methoxy groups -OCH3 is 1. The van der Waals surface area contributed by atoms with Crippen LogP contribution in [0.15, 0.2) is 36.7 Å². The van der Waals surface area contributed by atoms with Crippen molar-refractivity contribution < 1.29 is 9.53 Å². The van der Waals surface area contributed by atoms with Gasteiger partial charge in [0.1, 0.15) is 5.60 Å². The van der Waals surface area contributed by atoms with Crippen molar-refractivity contribution in [2.24, 2.45) is 0 Å². The van der Waals surface area contributed by atoms with E-state index in [-0.39, 0.29) is 5.78 Å². The third-order valence-corrected chi connectivity index (χ3v) is 3.89. The summed E-state index contributed by atoms with van der Waals surface area (Å²) < 4.78 is 5.47. The van der Waals surface area contributed by atoms with Crippen LogP contribution >= 0.6 is 0 Å². The molecular formula is C15H15NO2. The number of fused-ring (bicyclic) bond motifs is 1. The number of rotatable bonds is 3. The molecule has 3 nitrogen and oxygen atoms in total. The third kappa shape index (κ3) is 1.55. The molecule has 92 valence electrons. The second-order valence-electron chi connectivity index (χ2n) is 4.78. The van der Waals surface area contributed by atoms with Gasteiger partial charge in [0.2, 0.25) is 0 Å².